The maximum absolute atomic E-state index is 13.7. The number of carbonyl (C=O) groups excluding carboxylic acids is 1. The van der Waals surface area contributed by atoms with E-state index in [0.717, 1.165) is 25.0 Å². The van der Waals surface area contributed by atoms with Crippen LogP contribution in [0.2, 0.25) is 0 Å². The fraction of sp³-hybridized carbons (Fsp3) is 0.462. The van der Waals surface area contributed by atoms with Gasteiger partial charge in [-0.25, -0.2) is 8.78 Å². The highest BCUT2D eigenvalue weighted by atomic mass is 19.1. The Bertz CT molecular complexity index is 449. The molecule has 0 fully saturated rings. The third kappa shape index (κ3) is 2.97. The summed E-state index contributed by atoms with van der Waals surface area (Å²) in [6.07, 6.45) is 1.71. The molecule has 1 atom stereocenters. The number of nitrogen functional groups attached to an aromatic ring is 1. The van der Waals surface area contributed by atoms with Crippen molar-refractivity contribution in [2.24, 2.45) is 0 Å². The number of amides is 1. The van der Waals surface area contributed by atoms with Crippen LogP contribution in [0, 0.1) is 11.6 Å². The first-order chi connectivity index (χ1) is 8.38. The molecule has 0 radical (unpaired) electrons. The van der Waals surface area contributed by atoms with Gasteiger partial charge in [0.1, 0.15) is 5.82 Å². The molecule has 5 heteroatoms. The summed E-state index contributed by atoms with van der Waals surface area (Å²) in [4.78, 5) is 13.5. The minimum absolute atomic E-state index is 0.0357. The largest absolute Gasteiger partial charge is 0.396 e. The summed E-state index contributed by atoms with van der Waals surface area (Å²) in [7, 11) is 1.57. The van der Waals surface area contributed by atoms with Crippen LogP contribution >= 0.6 is 0 Å². The molecule has 0 aliphatic heterocycles. The molecule has 0 heterocycles. The second kappa shape index (κ2) is 5.80. The van der Waals surface area contributed by atoms with E-state index in [1.807, 2.05) is 13.8 Å². The maximum atomic E-state index is 13.7. The van der Waals surface area contributed by atoms with E-state index in [4.69, 9.17) is 5.73 Å². The average Bonchev–Trinajstić information content (AvgIpc) is 2.32. The molecule has 1 rings (SSSR count). The minimum atomic E-state index is -0.864. The smallest absolute Gasteiger partial charge is 0.256 e. The van der Waals surface area contributed by atoms with Crippen molar-refractivity contribution in [3.8, 4) is 0 Å². The van der Waals surface area contributed by atoms with Gasteiger partial charge in [-0.3, -0.25) is 4.79 Å². The molecule has 1 amide bonds. The zero-order valence-electron chi connectivity index (χ0n) is 10.8. The SMILES string of the molecule is CCCC(C)N(C)C(=O)c1cc(F)cc(N)c1F. The summed E-state index contributed by atoms with van der Waals surface area (Å²) < 4.78 is 26.9. The number of nitrogens with two attached hydrogens (primary N) is 1. The quantitative estimate of drug-likeness (QED) is 0.842. The number of rotatable bonds is 4. The number of halogens is 2. The minimum Gasteiger partial charge on any atom is -0.396 e. The number of anilines is 1. The normalized spacial score (nSPS) is 12.3. The Kier molecular flexibility index (Phi) is 4.64. The fourth-order valence-electron chi connectivity index (χ4n) is 1.77. The summed E-state index contributed by atoms with van der Waals surface area (Å²) in [6, 6.07) is 1.71. The molecule has 1 unspecified atom stereocenters. The maximum Gasteiger partial charge on any atom is 0.256 e. The van der Waals surface area contributed by atoms with Crippen molar-refractivity contribution in [3.63, 3.8) is 0 Å². The lowest BCUT2D eigenvalue weighted by atomic mass is 10.1. The lowest BCUT2D eigenvalue weighted by Gasteiger charge is -2.25. The van der Waals surface area contributed by atoms with Crippen LogP contribution in [0.1, 0.15) is 37.0 Å². The molecule has 0 spiro atoms. The summed E-state index contributed by atoms with van der Waals surface area (Å²) in [6.45, 7) is 3.86. The van der Waals surface area contributed by atoms with Crippen molar-refractivity contribution in [2.45, 2.75) is 32.7 Å². The highest BCUT2D eigenvalue weighted by molar-refractivity contribution is 5.95. The van der Waals surface area contributed by atoms with Crippen LogP contribution in [0.25, 0.3) is 0 Å². The molecule has 1 aromatic carbocycles. The molecule has 100 valence electrons. The van der Waals surface area contributed by atoms with Crippen LogP contribution in [0.4, 0.5) is 14.5 Å². The molecule has 0 aliphatic rings. The molecule has 3 nitrogen and oxygen atoms in total. The molecule has 2 N–H and O–H groups in total. The first-order valence-electron chi connectivity index (χ1n) is 5.90. The van der Waals surface area contributed by atoms with E-state index in [2.05, 4.69) is 0 Å². The first-order valence-corrected chi connectivity index (χ1v) is 5.90. The van der Waals surface area contributed by atoms with Gasteiger partial charge in [-0.15, -0.1) is 0 Å². The highest BCUT2D eigenvalue weighted by Gasteiger charge is 2.22. The van der Waals surface area contributed by atoms with Gasteiger partial charge in [0.05, 0.1) is 11.3 Å². The van der Waals surface area contributed by atoms with Crippen LogP contribution in [-0.4, -0.2) is 23.9 Å². The van der Waals surface area contributed by atoms with Crippen molar-refractivity contribution in [1.82, 2.24) is 4.90 Å². The van der Waals surface area contributed by atoms with E-state index < -0.39 is 17.5 Å². The topological polar surface area (TPSA) is 46.3 Å². The van der Waals surface area contributed by atoms with Crippen molar-refractivity contribution in [3.05, 3.63) is 29.3 Å². The van der Waals surface area contributed by atoms with Crippen molar-refractivity contribution in [1.29, 1.82) is 0 Å². The second-order valence-corrected chi connectivity index (χ2v) is 4.41. The summed E-state index contributed by atoms with van der Waals surface area (Å²) in [5.74, 6) is -2.13. The standard InChI is InChI=1S/C13H18F2N2O/c1-4-5-8(2)17(3)13(18)10-6-9(14)7-11(16)12(10)15/h6-8H,4-5,16H2,1-3H3. The molecule has 18 heavy (non-hydrogen) atoms. The van der Waals surface area contributed by atoms with Crippen LogP contribution in [0.5, 0.6) is 0 Å². The van der Waals surface area contributed by atoms with Crippen LogP contribution in [0.3, 0.4) is 0 Å². The predicted octanol–water partition coefficient (Wildman–Crippen LogP) is 2.81. The van der Waals surface area contributed by atoms with Crippen molar-refractivity contribution < 1.29 is 13.6 Å². The molecule has 0 saturated heterocycles. The van der Waals surface area contributed by atoms with Crippen LogP contribution in [0.15, 0.2) is 12.1 Å². The van der Waals surface area contributed by atoms with E-state index >= 15 is 0 Å². The van der Waals surface area contributed by atoms with E-state index in [1.165, 1.54) is 4.90 Å². The zero-order valence-corrected chi connectivity index (χ0v) is 10.8. The predicted molar refractivity (Wildman–Crippen MR) is 67.2 cm³/mol. The number of hydrogen-bond donors (Lipinski definition) is 1. The third-order valence-corrected chi connectivity index (χ3v) is 2.98. The van der Waals surface area contributed by atoms with E-state index in [-0.39, 0.29) is 17.3 Å². The third-order valence-electron chi connectivity index (χ3n) is 2.98. The van der Waals surface area contributed by atoms with E-state index in [0.29, 0.717) is 0 Å². The number of benzene rings is 1. The van der Waals surface area contributed by atoms with Gasteiger partial charge in [0.25, 0.3) is 5.91 Å². The molecular weight excluding hydrogens is 238 g/mol. The molecule has 0 aromatic heterocycles. The monoisotopic (exact) mass is 256 g/mol. The van der Waals surface area contributed by atoms with Gasteiger partial charge < -0.3 is 10.6 Å². The summed E-state index contributed by atoms with van der Waals surface area (Å²) in [5.41, 5.74) is 4.64. The van der Waals surface area contributed by atoms with Gasteiger partial charge in [0, 0.05) is 13.1 Å². The molecular formula is C13H18F2N2O. The first kappa shape index (κ1) is 14.4. The zero-order chi connectivity index (χ0) is 13.9. The van der Waals surface area contributed by atoms with E-state index in [1.54, 1.807) is 7.05 Å². The van der Waals surface area contributed by atoms with Crippen LogP contribution < -0.4 is 5.73 Å². The van der Waals surface area contributed by atoms with Crippen molar-refractivity contribution in [2.75, 3.05) is 12.8 Å². The van der Waals surface area contributed by atoms with Gasteiger partial charge in [0.2, 0.25) is 0 Å². The second-order valence-electron chi connectivity index (χ2n) is 4.41. The van der Waals surface area contributed by atoms with Crippen molar-refractivity contribution >= 4 is 11.6 Å². The molecule has 1 aromatic rings. The molecule has 0 bridgehead atoms. The Morgan fingerprint density at radius 2 is 2.06 bits per heavy atom. The van der Waals surface area contributed by atoms with E-state index in [9.17, 15) is 13.6 Å². The summed E-state index contributed by atoms with van der Waals surface area (Å²) >= 11 is 0. The Hall–Kier alpha value is -1.65. The van der Waals surface area contributed by atoms with Gasteiger partial charge >= 0.3 is 0 Å². The lowest BCUT2D eigenvalue weighted by molar-refractivity contribution is 0.0731. The van der Waals surface area contributed by atoms with Gasteiger partial charge in [0.15, 0.2) is 5.82 Å². The Labute approximate surface area is 106 Å². The Morgan fingerprint density at radius 3 is 2.61 bits per heavy atom. The Morgan fingerprint density at radius 1 is 1.44 bits per heavy atom. The number of hydrogen-bond acceptors (Lipinski definition) is 2. The summed E-state index contributed by atoms with van der Waals surface area (Å²) in [5, 5.41) is 0. The fourth-order valence-corrected chi connectivity index (χ4v) is 1.77. The van der Waals surface area contributed by atoms with Gasteiger partial charge in [-0.1, -0.05) is 13.3 Å². The average molecular weight is 256 g/mol. The van der Waals surface area contributed by atoms with Gasteiger partial charge in [-0.2, -0.15) is 0 Å². The number of carbonyl (C=O) groups is 1. The number of nitrogens with zero attached hydrogens (tertiary/aromatic N) is 1. The molecule has 0 aliphatic carbocycles. The Balaban J connectivity index is 3.04. The molecule has 0 saturated carbocycles. The lowest BCUT2D eigenvalue weighted by Crippen LogP contribution is -2.35. The van der Waals surface area contributed by atoms with Gasteiger partial charge in [-0.05, 0) is 25.5 Å². The van der Waals surface area contributed by atoms with Crippen LogP contribution in [-0.2, 0) is 0 Å². The highest BCUT2D eigenvalue weighted by Crippen LogP contribution is 2.20.